The maximum absolute atomic E-state index is 13.4. The summed E-state index contributed by atoms with van der Waals surface area (Å²) in [7, 11) is 1.44. The van der Waals surface area contributed by atoms with Gasteiger partial charge in [-0.15, -0.1) is 0 Å². The number of hydrogen-bond donors (Lipinski definition) is 2. The van der Waals surface area contributed by atoms with Gasteiger partial charge in [-0.05, 0) is 41.3 Å². The van der Waals surface area contributed by atoms with E-state index in [0.717, 1.165) is 16.7 Å². The number of benzene rings is 3. The Labute approximate surface area is 205 Å². The summed E-state index contributed by atoms with van der Waals surface area (Å²) >= 11 is 0. The number of nitrogens with zero attached hydrogens (tertiary/aromatic N) is 2. The van der Waals surface area contributed by atoms with Crippen molar-refractivity contribution in [3.05, 3.63) is 95.6 Å². The van der Waals surface area contributed by atoms with Crippen LogP contribution >= 0.6 is 0 Å². The van der Waals surface area contributed by atoms with Crippen LogP contribution in [0.3, 0.4) is 0 Å². The Hall–Kier alpha value is -3.97. The van der Waals surface area contributed by atoms with Gasteiger partial charge in [0.15, 0.2) is 0 Å². The summed E-state index contributed by atoms with van der Waals surface area (Å²) in [6.07, 6.45) is -0.569. The summed E-state index contributed by atoms with van der Waals surface area (Å²) in [6, 6.07) is 23.8. The topological polar surface area (TPSA) is 91.2 Å². The fourth-order valence-corrected chi connectivity index (χ4v) is 4.31. The highest BCUT2D eigenvalue weighted by Crippen LogP contribution is 2.25. The summed E-state index contributed by atoms with van der Waals surface area (Å²) in [5, 5.41) is 17.2. The molecule has 4 rings (SSSR count). The lowest BCUT2D eigenvalue weighted by atomic mass is 9.99. The zero-order chi connectivity index (χ0) is 24.8. The van der Waals surface area contributed by atoms with E-state index in [0.29, 0.717) is 16.8 Å². The highest BCUT2D eigenvalue weighted by molar-refractivity contribution is 6.05. The third-order valence-corrected chi connectivity index (χ3v) is 6.18. The molecule has 1 heterocycles. The third kappa shape index (κ3) is 5.58. The number of amides is 2. The molecule has 7 nitrogen and oxygen atoms in total. The molecule has 3 aromatic carbocycles. The van der Waals surface area contributed by atoms with Crippen LogP contribution in [0.2, 0.25) is 0 Å². The molecule has 1 fully saturated rings. The highest BCUT2D eigenvalue weighted by atomic mass is 16.6. The van der Waals surface area contributed by atoms with Crippen molar-refractivity contribution in [3.8, 4) is 11.1 Å². The zero-order valence-corrected chi connectivity index (χ0v) is 19.8. The lowest BCUT2D eigenvalue weighted by Gasteiger charge is -2.24. The van der Waals surface area contributed by atoms with E-state index in [9.17, 15) is 14.7 Å². The Morgan fingerprint density at radius 1 is 1.06 bits per heavy atom. The summed E-state index contributed by atoms with van der Waals surface area (Å²) in [5.41, 5.74) is 5.09. The second kappa shape index (κ2) is 11.0. The molecule has 2 unspecified atom stereocenters. The third-order valence-electron chi connectivity index (χ3n) is 6.18. The number of nitrogens with one attached hydrogen (secondary N) is 1. The van der Waals surface area contributed by atoms with Crippen LogP contribution < -0.4 is 5.32 Å². The van der Waals surface area contributed by atoms with Crippen molar-refractivity contribution in [2.45, 2.75) is 25.5 Å². The van der Waals surface area contributed by atoms with Gasteiger partial charge in [-0.25, -0.2) is 0 Å². The van der Waals surface area contributed by atoms with Crippen LogP contribution in [0, 0.1) is 6.92 Å². The van der Waals surface area contributed by atoms with Crippen LogP contribution in [0.15, 0.2) is 84.0 Å². The Bertz CT molecular complexity index is 1210. The Kier molecular flexibility index (Phi) is 7.57. The number of aliphatic hydroxyl groups is 1. The molecule has 2 amide bonds. The molecular weight excluding hydrogens is 442 g/mol. The van der Waals surface area contributed by atoms with Gasteiger partial charge in [-0.3, -0.25) is 9.59 Å². The van der Waals surface area contributed by atoms with Gasteiger partial charge in [0.1, 0.15) is 13.2 Å². The summed E-state index contributed by atoms with van der Waals surface area (Å²) in [5.74, 6) is -0.599. The minimum absolute atomic E-state index is 0.0449. The van der Waals surface area contributed by atoms with Crippen LogP contribution in [0.1, 0.15) is 34.0 Å². The van der Waals surface area contributed by atoms with Crippen LogP contribution in [-0.2, 0) is 9.63 Å². The van der Waals surface area contributed by atoms with Crippen molar-refractivity contribution in [2.75, 3.05) is 20.2 Å². The van der Waals surface area contributed by atoms with E-state index >= 15 is 0 Å². The number of likely N-dealkylation sites (tertiary alicyclic amines) is 1. The van der Waals surface area contributed by atoms with Crippen molar-refractivity contribution in [2.24, 2.45) is 5.16 Å². The molecule has 1 aliphatic rings. The second-order valence-electron chi connectivity index (χ2n) is 8.56. The molecular formula is C28H29N3O4. The maximum atomic E-state index is 13.4. The predicted molar refractivity (Wildman–Crippen MR) is 135 cm³/mol. The summed E-state index contributed by atoms with van der Waals surface area (Å²) < 4.78 is 0. The van der Waals surface area contributed by atoms with Gasteiger partial charge < -0.3 is 20.2 Å². The molecule has 1 saturated heterocycles. The number of hydrogen-bond acceptors (Lipinski definition) is 5. The first-order valence-corrected chi connectivity index (χ1v) is 11.5. The van der Waals surface area contributed by atoms with E-state index < -0.39 is 12.1 Å². The minimum atomic E-state index is -0.841. The molecule has 35 heavy (non-hydrogen) atoms. The smallest absolute Gasteiger partial charge is 0.254 e. The fraction of sp³-hybridized carbons (Fsp3) is 0.250. The van der Waals surface area contributed by atoms with Gasteiger partial charge >= 0.3 is 0 Å². The van der Waals surface area contributed by atoms with Gasteiger partial charge in [0.2, 0.25) is 5.91 Å². The number of rotatable bonds is 7. The number of carbonyl (C=O) groups excluding carboxylic acids is 2. The summed E-state index contributed by atoms with van der Waals surface area (Å²) in [4.78, 5) is 32.8. The Balaban J connectivity index is 1.49. The number of aryl methyl sites for hydroxylation is 1. The van der Waals surface area contributed by atoms with E-state index in [1.54, 1.807) is 24.3 Å². The first-order valence-electron chi connectivity index (χ1n) is 11.5. The normalized spacial score (nSPS) is 17.3. The van der Waals surface area contributed by atoms with Crippen molar-refractivity contribution in [3.63, 3.8) is 0 Å². The van der Waals surface area contributed by atoms with Crippen LogP contribution in [0.25, 0.3) is 11.1 Å². The molecule has 1 aliphatic heterocycles. The van der Waals surface area contributed by atoms with Crippen molar-refractivity contribution in [1.82, 2.24) is 10.2 Å². The molecule has 3 aromatic rings. The molecule has 180 valence electrons. The zero-order valence-electron chi connectivity index (χ0n) is 19.8. The quantitative estimate of drug-likeness (QED) is 0.514. The molecule has 2 N–H and O–H groups in total. The molecule has 0 aromatic heterocycles. The van der Waals surface area contributed by atoms with Gasteiger partial charge in [0.05, 0.1) is 18.4 Å². The van der Waals surface area contributed by atoms with Gasteiger partial charge in [0, 0.05) is 18.5 Å². The van der Waals surface area contributed by atoms with E-state index in [1.165, 1.54) is 12.0 Å². The SMILES string of the molecule is CO/N=C1/CC(C(=O)NCC(O)c2ccccc2)N(C(=O)c2ccc(-c3ccccc3C)cc2)C1. The average Bonchev–Trinajstić information content (AvgIpc) is 3.32. The lowest BCUT2D eigenvalue weighted by molar-refractivity contribution is -0.125. The number of carbonyl (C=O) groups is 2. The lowest BCUT2D eigenvalue weighted by Crippen LogP contribution is -2.46. The van der Waals surface area contributed by atoms with E-state index in [4.69, 9.17) is 4.84 Å². The standard InChI is InChI=1S/C28H29N3O4/c1-19-8-6-7-11-24(19)20-12-14-22(15-13-20)28(34)31-18-23(30-35-2)16-25(31)27(33)29-17-26(32)21-9-4-3-5-10-21/h3-15,25-26,32H,16-18H2,1-2H3,(H,29,33)/b30-23-. The monoisotopic (exact) mass is 471 g/mol. The molecule has 0 bridgehead atoms. The minimum Gasteiger partial charge on any atom is -0.399 e. The van der Waals surface area contributed by atoms with Gasteiger partial charge in [0.25, 0.3) is 5.91 Å². The van der Waals surface area contributed by atoms with Crippen molar-refractivity contribution >= 4 is 17.5 Å². The van der Waals surface area contributed by atoms with Crippen LogP contribution in [0.4, 0.5) is 0 Å². The first-order chi connectivity index (χ1) is 17.0. The number of aliphatic hydroxyl groups excluding tert-OH is 1. The fourth-order valence-electron chi connectivity index (χ4n) is 4.31. The molecule has 7 heteroatoms. The van der Waals surface area contributed by atoms with Crippen LogP contribution in [-0.4, -0.2) is 53.8 Å². The van der Waals surface area contributed by atoms with Gasteiger partial charge in [-0.1, -0.05) is 71.9 Å². The molecule has 2 atom stereocenters. The first kappa shape index (κ1) is 24.2. The Morgan fingerprint density at radius 3 is 2.43 bits per heavy atom. The Morgan fingerprint density at radius 2 is 1.74 bits per heavy atom. The number of oxime groups is 1. The van der Waals surface area contributed by atoms with Crippen LogP contribution in [0.5, 0.6) is 0 Å². The van der Waals surface area contributed by atoms with Crippen molar-refractivity contribution in [1.29, 1.82) is 0 Å². The average molecular weight is 472 g/mol. The molecule has 0 aliphatic carbocycles. The maximum Gasteiger partial charge on any atom is 0.254 e. The van der Waals surface area contributed by atoms with Gasteiger partial charge in [-0.2, -0.15) is 0 Å². The molecule has 0 spiro atoms. The second-order valence-corrected chi connectivity index (χ2v) is 8.56. The molecule has 0 saturated carbocycles. The van der Waals surface area contributed by atoms with E-state index in [2.05, 4.69) is 10.5 Å². The largest absolute Gasteiger partial charge is 0.399 e. The van der Waals surface area contributed by atoms with E-state index in [1.807, 2.05) is 61.5 Å². The van der Waals surface area contributed by atoms with E-state index in [-0.39, 0.29) is 31.3 Å². The van der Waals surface area contributed by atoms with Crippen molar-refractivity contribution < 1.29 is 19.5 Å². The predicted octanol–water partition coefficient (Wildman–Crippen LogP) is 3.73. The summed E-state index contributed by atoms with van der Waals surface area (Å²) in [6.45, 7) is 2.29. The molecule has 0 radical (unpaired) electrons. The highest BCUT2D eigenvalue weighted by Gasteiger charge is 2.38.